The molecule has 0 bridgehead atoms. The summed E-state index contributed by atoms with van der Waals surface area (Å²) in [5, 5.41) is 79.0. The number of nitrogens with zero attached hydrogens (tertiary/aromatic N) is 1. The molecule has 5 aromatic rings. The van der Waals surface area contributed by atoms with E-state index in [1.54, 1.807) is 102 Å². The Morgan fingerprint density at radius 3 is 1.51 bits per heavy atom. The van der Waals surface area contributed by atoms with Gasteiger partial charge in [-0.1, -0.05) is 109 Å². The van der Waals surface area contributed by atoms with E-state index in [4.69, 9.17) is 5.11 Å². The van der Waals surface area contributed by atoms with Gasteiger partial charge in [0.2, 0.25) is 70.9 Å². The van der Waals surface area contributed by atoms with Gasteiger partial charge < -0.3 is 99.3 Å². The molecule has 36 nitrogen and oxygen atoms in total. The normalized spacial score (nSPS) is 14.4. The Labute approximate surface area is 626 Å². The molecule has 590 valence electrons. The van der Waals surface area contributed by atoms with Gasteiger partial charge in [-0.3, -0.25) is 71.9 Å². The summed E-state index contributed by atoms with van der Waals surface area (Å²) in [6.45, 7) is 11.5. The zero-order chi connectivity index (χ0) is 80.8. The molecule has 12 atom stereocenters. The molecule has 0 unspecified atom stereocenters. The van der Waals surface area contributed by atoms with Crippen LogP contribution in [-0.4, -0.2) is 208 Å². The number of amides is 12. The lowest BCUT2D eigenvalue weighted by molar-refractivity contribution is -0.142. The second-order valence-corrected chi connectivity index (χ2v) is 27.1. The van der Waals surface area contributed by atoms with E-state index >= 15 is 0 Å². The van der Waals surface area contributed by atoms with Crippen LogP contribution >= 0.6 is 0 Å². The number of carboxylic acid groups (broad SMARTS) is 4. The molecule has 2 aromatic heterocycles. The number of aromatic hydroxyl groups is 1. The largest absolute Gasteiger partial charge is 0.508 e. The molecule has 0 saturated carbocycles. The van der Waals surface area contributed by atoms with Crippen molar-refractivity contribution >= 4 is 106 Å². The maximum atomic E-state index is 14.7. The van der Waals surface area contributed by atoms with Crippen LogP contribution in [0.5, 0.6) is 5.75 Å². The molecule has 19 N–H and O–H groups in total. The SMILES string of the molecule is CC[C@H](C)[C@H](NC(=O)[C@H](CC(=O)O)NC(=O)[C@H](CC(C)C)NC(=O)[C@H](Cc1c[nH]cn1)NC(=O)[C@H](C)NC(=O)[C@H](Cc1ccccc1)NC(=O)[C@H](Cc1ccc(O)cc1)NC(=O)[C@@H](NC(=O)[C@H](C)NC(=O)[C@H](CCC(=O)O)NC(=O)CCC(=O)O)C(C)C)C(=O)NCC(=O)N[C@@H](Cc1c[nH]c2ccccc12)C(=O)O. The molecule has 0 fully saturated rings. The van der Waals surface area contributed by atoms with Crippen molar-refractivity contribution in [3.05, 3.63) is 120 Å². The van der Waals surface area contributed by atoms with Crippen LogP contribution in [0, 0.1) is 17.8 Å². The number of phenolic OH excluding ortho intramolecular Hbond substituents is 1. The molecule has 0 aliphatic carbocycles. The number of imidazole rings is 1. The Bertz CT molecular complexity index is 4020. The number of H-pyrrole nitrogens is 2. The van der Waals surface area contributed by atoms with Gasteiger partial charge in [-0.15, -0.1) is 0 Å². The number of fused-ring (bicyclic) bond motifs is 1. The van der Waals surface area contributed by atoms with Crippen LogP contribution in [0.15, 0.2) is 97.6 Å². The fraction of sp³-hybridized carbons (Fsp3) is 0.466. The predicted molar refractivity (Wildman–Crippen MR) is 389 cm³/mol. The smallest absolute Gasteiger partial charge is 0.326 e. The molecule has 36 heteroatoms. The number of carboxylic acids is 4. The highest BCUT2D eigenvalue weighted by Crippen LogP contribution is 2.20. The van der Waals surface area contributed by atoms with E-state index in [0.29, 0.717) is 16.7 Å². The average molecular weight is 1520 g/mol. The van der Waals surface area contributed by atoms with Crippen molar-refractivity contribution in [1.29, 1.82) is 0 Å². The first kappa shape index (κ1) is 87.4. The van der Waals surface area contributed by atoms with E-state index in [0.717, 1.165) is 10.9 Å². The van der Waals surface area contributed by atoms with Crippen LogP contribution in [0.4, 0.5) is 0 Å². The molecular formula is C73H97N15O21. The zero-order valence-corrected chi connectivity index (χ0v) is 61.5. The molecule has 0 aliphatic rings. The van der Waals surface area contributed by atoms with Gasteiger partial charge in [-0.05, 0) is 79.3 Å². The minimum absolute atomic E-state index is 0.109. The van der Waals surface area contributed by atoms with Crippen LogP contribution < -0.4 is 63.8 Å². The minimum atomic E-state index is -1.88. The number of carbonyl (C=O) groups is 16. The van der Waals surface area contributed by atoms with Crippen LogP contribution in [0.25, 0.3) is 10.9 Å². The van der Waals surface area contributed by atoms with Crippen molar-refractivity contribution in [2.75, 3.05) is 6.54 Å². The summed E-state index contributed by atoms with van der Waals surface area (Å²) in [6, 6.07) is 4.18. The molecule has 3 aromatic carbocycles. The Morgan fingerprint density at radius 1 is 0.440 bits per heavy atom. The van der Waals surface area contributed by atoms with Crippen molar-refractivity contribution in [1.82, 2.24) is 78.8 Å². The molecule has 109 heavy (non-hydrogen) atoms. The van der Waals surface area contributed by atoms with Crippen LogP contribution in [0.1, 0.15) is 123 Å². The fourth-order valence-electron chi connectivity index (χ4n) is 11.2. The van der Waals surface area contributed by atoms with Gasteiger partial charge in [0, 0.05) is 61.8 Å². The third-order valence-electron chi connectivity index (χ3n) is 17.4. The van der Waals surface area contributed by atoms with E-state index in [-0.39, 0.29) is 55.9 Å². The maximum Gasteiger partial charge on any atom is 0.326 e. The summed E-state index contributed by atoms with van der Waals surface area (Å²) >= 11 is 0. The summed E-state index contributed by atoms with van der Waals surface area (Å²) in [5.74, 6) is -19.1. The van der Waals surface area contributed by atoms with Crippen molar-refractivity contribution in [2.45, 2.75) is 192 Å². The average Bonchev–Trinajstić information content (AvgIpc) is 1.76. The highest BCUT2D eigenvalue weighted by Gasteiger charge is 2.38. The Morgan fingerprint density at radius 2 is 0.945 bits per heavy atom. The standard InChI is InChI=1S/C73H97N15O21/c1-9-39(6)62(71(106)76-35-57(91)81-55(73(108)109)30-44-33-75-48-18-14-13-17-47(44)48)88-70(105)54(32-60(96)97)85-67(102)50(27-37(2)3)83-69(104)53(31-45-34-74-36-77-45)82-63(98)40(7)79-66(101)51(28-42-15-11-10-12-16-42)84-68(103)52(29-43-19-21-46(89)22-20-43)86-72(107)61(38(4)5)87-64(99)41(8)78-65(100)49(23-25-58(92)93)80-56(90)24-26-59(94)95/h10-22,33-34,36-41,49-55,61-62,75,89H,9,23-32,35H2,1-8H3,(H,74,77)(H,76,106)(H,78,100)(H,79,101)(H,80,90)(H,81,91)(H,82,98)(H,83,104)(H,84,103)(H,85,102)(H,86,107)(H,87,99)(H,88,105)(H,92,93)(H,94,95)(H,96,97)(H,108,109)/t39-,40-,41-,49-,50-,51-,52-,53-,54-,55-,61-,62-/m0/s1. The molecule has 0 radical (unpaired) electrons. The number of hydrogen-bond donors (Lipinski definition) is 19. The summed E-state index contributed by atoms with van der Waals surface area (Å²) in [4.78, 5) is 225. The summed E-state index contributed by atoms with van der Waals surface area (Å²) in [6.07, 6.45) is 0.310. The highest BCUT2D eigenvalue weighted by molar-refractivity contribution is 6.00. The van der Waals surface area contributed by atoms with Crippen molar-refractivity contribution in [3.63, 3.8) is 0 Å². The number of rotatable bonds is 45. The van der Waals surface area contributed by atoms with Crippen molar-refractivity contribution < 1.29 is 102 Å². The lowest BCUT2D eigenvalue weighted by atomic mass is 9.97. The van der Waals surface area contributed by atoms with Gasteiger partial charge in [0.15, 0.2) is 0 Å². The van der Waals surface area contributed by atoms with E-state index in [1.807, 2.05) is 0 Å². The van der Waals surface area contributed by atoms with Crippen LogP contribution in [-0.2, 0) is 102 Å². The lowest BCUT2D eigenvalue weighted by Gasteiger charge is -2.29. The fourth-order valence-corrected chi connectivity index (χ4v) is 11.2. The van der Waals surface area contributed by atoms with Crippen LogP contribution in [0.3, 0.4) is 0 Å². The number of aromatic amines is 2. The Kier molecular flexibility index (Phi) is 34.3. The molecule has 0 saturated heterocycles. The van der Waals surface area contributed by atoms with Gasteiger partial charge >= 0.3 is 23.9 Å². The first-order valence-electron chi connectivity index (χ1n) is 35.3. The second-order valence-electron chi connectivity index (χ2n) is 27.1. The Balaban J connectivity index is 1.31. The summed E-state index contributed by atoms with van der Waals surface area (Å²) < 4.78 is 0. The summed E-state index contributed by atoms with van der Waals surface area (Å²) in [5.41, 5.74) is 2.48. The number of hydrogen-bond acceptors (Lipinski definition) is 18. The number of aliphatic carboxylic acids is 4. The first-order chi connectivity index (χ1) is 51.5. The number of carbonyl (C=O) groups excluding carboxylic acids is 12. The molecule has 0 aliphatic heterocycles. The second kappa shape index (κ2) is 42.8. The predicted octanol–water partition coefficient (Wildman–Crippen LogP) is -0.607. The molecule has 12 amide bonds. The number of nitrogens with one attached hydrogen (secondary N) is 14. The molecule has 2 heterocycles. The molecular weight excluding hydrogens is 1420 g/mol. The quantitative estimate of drug-likeness (QED) is 0.0231. The summed E-state index contributed by atoms with van der Waals surface area (Å²) in [7, 11) is 0. The first-order valence-corrected chi connectivity index (χ1v) is 35.3. The van der Waals surface area contributed by atoms with Gasteiger partial charge in [-0.2, -0.15) is 0 Å². The zero-order valence-electron chi connectivity index (χ0n) is 61.5. The molecule has 0 spiro atoms. The number of phenols is 1. The molecule has 5 rings (SSSR count). The van der Waals surface area contributed by atoms with Crippen molar-refractivity contribution in [3.8, 4) is 5.75 Å². The van der Waals surface area contributed by atoms with Crippen molar-refractivity contribution in [2.24, 2.45) is 17.8 Å². The van der Waals surface area contributed by atoms with Gasteiger partial charge in [0.1, 0.15) is 72.2 Å². The third-order valence-corrected chi connectivity index (χ3v) is 17.4. The van der Waals surface area contributed by atoms with E-state index in [9.17, 15) is 97.1 Å². The van der Waals surface area contributed by atoms with Gasteiger partial charge in [0.25, 0.3) is 0 Å². The number of aromatic nitrogens is 3. The van der Waals surface area contributed by atoms with Gasteiger partial charge in [-0.25, -0.2) is 9.78 Å². The number of benzene rings is 3. The number of para-hydroxylation sites is 1. The van der Waals surface area contributed by atoms with E-state index < -0.39 is 212 Å². The minimum Gasteiger partial charge on any atom is -0.508 e. The van der Waals surface area contributed by atoms with Gasteiger partial charge in [0.05, 0.1) is 31.4 Å². The maximum absolute atomic E-state index is 14.7. The van der Waals surface area contributed by atoms with E-state index in [2.05, 4.69) is 78.8 Å². The van der Waals surface area contributed by atoms with Crippen LogP contribution in [0.2, 0.25) is 0 Å². The lowest BCUT2D eigenvalue weighted by Crippen LogP contribution is -2.61. The third kappa shape index (κ3) is 29.2. The Hall–Kier alpha value is -12.3. The monoisotopic (exact) mass is 1520 g/mol. The van der Waals surface area contributed by atoms with E-state index in [1.165, 1.54) is 50.6 Å². The highest BCUT2D eigenvalue weighted by atomic mass is 16.4. The topological polar surface area (TPSA) is 563 Å².